The highest BCUT2D eigenvalue weighted by Gasteiger charge is 2.25. The van der Waals surface area contributed by atoms with Crippen molar-refractivity contribution in [1.29, 1.82) is 0 Å². The Morgan fingerprint density at radius 3 is 2.79 bits per heavy atom. The Hall–Kier alpha value is -0.920. The van der Waals surface area contributed by atoms with Gasteiger partial charge in [-0.25, -0.2) is 13.1 Å². The van der Waals surface area contributed by atoms with Gasteiger partial charge >= 0.3 is 0 Å². The number of carbonyl (C=O) groups excluding carboxylic acids is 1. The molecule has 1 fully saturated rings. The standard InChI is InChI=1S/C12H15BrN2O3S/c1-8-10(13)3-2-4-11(8)19(17,18)15-9-5-6-12(16)14-7-9/h2-4,9,15H,5-7H2,1H3,(H,14,16)/t9-/m0/s1. The van der Waals surface area contributed by atoms with Gasteiger partial charge in [-0.2, -0.15) is 0 Å². The first-order chi connectivity index (χ1) is 8.90. The normalized spacial score (nSPS) is 20.1. The SMILES string of the molecule is Cc1c(Br)cccc1S(=O)(=O)N[C@H]1CCC(=O)NC1. The maximum atomic E-state index is 12.3. The molecule has 2 N–H and O–H groups in total. The van der Waals surface area contributed by atoms with E-state index < -0.39 is 10.0 Å². The van der Waals surface area contributed by atoms with Gasteiger partial charge in [-0.15, -0.1) is 0 Å². The minimum absolute atomic E-state index is 0.0333. The van der Waals surface area contributed by atoms with Crippen LogP contribution in [0.4, 0.5) is 0 Å². The molecule has 0 saturated carbocycles. The van der Waals surface area contributed by atoms with Crippen molar-refractivity contribution in [2.45, 2.75) is 30.7 Å². The topological polar surface area (TPSA) is 75.3 Å². The van der Waals surface area contributed by atoms with Crippen LogP contribution in [0.15, 0.2) is 27.6 Å². The molecule has 0 aliphatic carbocycles. The first-order valence-electron chi connectivity index (χ1n) is 5.94. The van der Waals surface area contributed by atoms with Gasteiger partial charge in [0.1, 0.15) is 0 Å². The van der Waals surface area contributed by atoms with Crippen molar-refractivity contribution in [3.05, 3.63) is 28.2 Å². The minimum Gasteiger partial charge on any atom is -0.355 e. The van der Waals surface area contributed by atoms with Gasteiger partial charge < -0.3 is 5.32 Å². The van der Waals surface area contributed by atoms with Crippen molar-refractivity contribution in [1.82, 2.24) is 10.0 Å². The molecule has 1 atom stereocenters. The molecule has 1 amide bonds. The van der Waals surface area contributed by atoms with E-state index in [0.717, 1.165) is 4.47 Å². The summed E-state index contributed by atoms with van der Waals surface area (Å²) in [5.41, 5.74) is 0.676. The van der Waals surface area contributed by atoms with Crippen LogP contribution in [-0.2, 0) is 14.8 Å². The molecule has 1 aromatic rings. The van der Waals surface area contributed by atoms with E-state index in [-0.39, 0.29) is 16.8 Å². The number of nitrogens with one attached hydrogen (secondary N) is 2. The average Bonchev–Trinajstić information content (AvgIpc) is 2.35. The molecule has 19 heavy (non-hydrogen) atoms. The van der Waals surface area contributed by atoms with Gasteiger partial charge in [0.25, 0.3) is 0 Å². The summed E-state index contributed by atoms with van der Waals surface area (Å²) in [7, 11) is -3.56. The fraction of sp³-hybridized carbons (Fsp3) is 0.417. The molecule has 1 saturated heterocycles. The fourth-order valence-electron chi connectivity index (χ4n) is 2.00. The van der Waals surface area contributed by atoms with E-state index in [1.54, 1.807) is 25.1 Å². The molecule has 1 aliphatic heterocycles. The maximum Gasteiger partial charge on any atom is 0.241 e. The molecular weight excluding hydrogens is 332 g/mol. The van der Waals surface area contributed by atoms with E-state index in [9.17, 15) is 13.2 Å². The Bertz CT molecular complexity index is 591. The molecule has 2 rings (SSSR count). The third kappa shape index (κ3) is 3.34. The van der Waals surface area contributed by atoms with Crippen LogP contribution in [0.2, 0.25) is 0 Å². The average molecular weight is 347 g/mol. The fourth-order valence-corrected chi connectivity index (χ4v) is 4.03. The summed E-state index contributed by atoms with van der Waals surface area (Å²) in [6, 6.07) is 4.81. The maximum absolute atomic E-state index is 12.3. The molecule has 0 spiro atoms. The van der Waals surface area contributed by atoms with Crippen LogP contribution in [0.5, 0.6) is 0 Å². The summed E-state index contributed by atoms with van der Waals surface area (Å²) in [6.07, 6.45) is 0.878. The number of amides is 1. The Morgan fingerprint density at radius 1 is 1.42 bits per heavy atom. The molecule has 1 aliphatic rings. The van der Waals surface area contributed by atoms with Crippen molar-refractivity contribution >= 4 is 31.9 Å². The summed E-state index contributed by atoms with van der Waals surface area (Å²) in [6.45, 7) is 2.09. The number of hydrogen-bond donors (Lipinski definition) is 2. The Kier molecular flexibility index (Phi) is 4.27. The number of hydrogen-bond acceptors (Lipinski definition) is 3. The summed E-state index contributed by atoms with van der Waals surface area (Å²) in [4.78, 5) is 11.3. The second-order valence-corrected chi connectivity index (χ2v) is 7.06. The van der Waals surface area contributed by atoms with E-state index >= 15 is 0 Å². The first kappa shape index (κ1) is 14.5. The number of sulfonamides is 1. The molecule has 7 heteroatoms. The lowest BCUT2D eigenvalue weighted by atomic mass is 10.1. The molecule has 1 heterocycles. The third-order valence-corrected chi connectivity index (χ3v) is 5.62. The lowest BCUT2D eigenvalue weighted by molar-refractivity contribution is -0.122. The molecule has 5 nitrogen and oxygen atoms in total. The summed E-state index contributed by atoms with van der Waals surface area (Å²) < 4.78 is 28.0. The van der Waals surface area contributed by atoms with Crippen molar-refractivity contribution < 1.29 is 13.2 Å². The number of rotatable bonds is 3. The van der Waals surface area contributed by atoms with Gasteiger partial charge in [-0.05, 0) is 31.0 Å². The van der Waals surface area contributed by atoms with E-state index in [1.807, 2.05) is 0 Å². The molecule has 1 aromatic carbocycles. The lowest BCUT2D eigenvalue weighted by Crippen LogP contribution is -2.47. The number of piperidine rings is 1. The van der Waals surface area contributed by atoms with Crippen LogP contribution < -0.4 is 10.0 Å². The van der Waals surface area contributed by atoms with Gasteiger partial charge in [0.05, 0.1) is 4.90 Å². The van der Waals surface area contributed by atoms with Crippen molar-refractivity contribution in [3.63, 3.8) is 0 Å². The van der Waals surface area contributed by atoms with Crippen LogP contribution in [0.3, 0.4) is 0 Å². The van der Waals surface area contributed by atoms with Crippen LogP contribution >= 0.6 is 15.9 Å². The van der Waals surface area contributed by atoms with E-state index in [2.05, 4.69) is 26.0 Å². The highest BCUT2D eigenvalue weighted by atomic mass is 79.9. The largest absolute Gasteiger partial charge is 0.355 e. The van der Waals surface area contributed by atoms with Crippen LogP contribution in [0, 0.1) is 6.92 Å². The van der Waals surface area contributed by atoms with Gasteiger partial charge in [-0.1, -0.05) is 22.0 Å². The van der Waals surface area contributed by atoms with E-state index in [1.165, 1.54) is 0 Å². The van der Waals surface area contributed by atoms with E-state index in [4.69, 9.17) is 0 Å². The smallest absolute Gasteiger partial charge is 0.241 e. The van der Waals surface area contributed by atoms with Crippen molar-refractivity contribution in [2.24, 2.45) is 0 Å². The van der Waals surface area contributed by atoms with Gasteiger partial charge in [0.15, 0.2) is 0 Å². The monoisotopic (exact) mass is 346 g/mol. The zero-order valence-corrected chi connectivity index (χ0v) is 12.8. The molecular formula is C12H15BrN2O3S. The van der Waals surface area contributed by atoms with E-state index in [0.29, 0.717) is 24.9 Å². The van der Waals surface area contributed by atoms with Crippen LogP contribution in [-0.4, -0.2) is 26.9 Å². The number of benzene rings is 1. The Labute approximate surface area is 121 Å². The van der Waals surface area contributed by atoms with Crippen LogP contribution in [0.25, 0.3) is 0 Å². The predicted octanol–water partition coefficient (Wildman–Crippen LogP) is 1.31. The van der Waals surface area contributed by atoms with Crippen molar-refractivity contribution in [3.8, 4) is 0 Å². The summed E-state index contributed by atoms with van der Waals surface area (Å²) in [5, 5.41) is 2.66. The molecule has 0 radical (unpaired) electrons. The van der Waals surface area contributed by atoms with Crippen molar-refractivity contribution in [2.75, 3.05) is 6.54 Å². The lowest BCUT2D eigenvalue weighted by Gasteiger charge is -2.23. The third-order valence-electron chi connectivity index (χ3n) is 3.09. The van der Waals surface area contributed by atoms with Crippen LogP contribution in [0.1, 0.15) is 18.4 Å². The molecule has 0 unspecified atom stereocenters. The predicted molar refractivity (Wildman–Crippen MR) is 75.2 cm³/mol. The molecule has 0 bridgehead atoms. The first-order valence-corrected chi connectivity index (χ1v) is 8.22. The summed E-state index contributed by atoms with van der Waals surface area (Å²) in [5.74, 6) is -0.0333. The van der Waals surface area contributed by atoms with Gasteiger partial charge in [0.2, 0.25) is 15.9 Å². The second kappa shape index (κ2) is 5.60. The number of carbonyl (C=O) groups is 1. The quantitative estimate of drug-likeness (QED) is 0.866. The highest BCUT2D eigenvalue weighted by molar-refractivity contribution is 9.10. The van der Waals surface area contributed by atoms with Gasteiger partial charge in [-0.3, -0.25) is 4.79 Å². The summed E-state index contributed by atoms with van der Waals surface area (Å²) >= 11 is 3.32. The highest BCUT2D eigenvalue weighted by Crippen LogP contribution is 2.23. The Morgan fingerprint density at radius 2 is 2.16 bits per heavy atom. The molecule has 104 valence electrons. The number of halogens is 1. The minimum atomic E-state index is -3.56. The molecule has 0 aromatic heterocycles. The second-order valence-electron chi connectivity index (χ2n) is 4.52. The van der Waals surface area contributed by atoms with Gasteiger partial charge in [0, 0.05) is 23.5 Å². The zero-order chi connectivity index (χ0) is 14.0. The zero-order valence-electron chi connectivity index (χ0n) is 10.4. The Balaban J connectivity index is 2.19.